The summed E-state index contributed by atoms with van der Waals surface area (Å²) in [6.45, 7) is 10.1. The van der Waals surface area contributed by atoms with Gasteiger partial charge < -0.3 is 10.1 Å². The summed E-state index contributed by atoms with van der Waals surface area (Å²) in [5.74, 6) is 0. The van der Waals surface area contributed by atoms with E-state index in [4.69, 9.17) is 4.74 Å². The Labute approximate surface area is 101 Å². The van der Waals surface area contributed by atoms with Crippen LogP contribution in [-0.2, 0) is 4.74 Å². The van der Waals surface area contributed by atoms with Crippen molar-refractivity contribution in [2.24, 2.45) is 5.41 Å². The quantitative estimate of drug-likeness (QED) is 0.686. The van der Waals surface area contributed by atoms with Crippen molar-refractivity contribution in [1.29, 1.82) is 0 Å². The van der Waals surface area contributed by atoms with E-state index < -0.39 is 0 Å². The van der Waals surface area contributed by atoms with Crippen LogP contribution in [0, 0.1) is 5.41 Å². The van der Waals surface area contributed by atoms with Gasteiger partial charge in [0.25, 0.3) is 0 Å². The summed E-state index contributed by atoms with van der Waals surface area (Å²) >= 11 is 0. The first-order valence-corrected chi connectivity index (χ1v) is 7.08. The molecule has 1 aliphatic rings. The molecule has 1 aliphatic heterocycles. The monoisotopic (exact) mass is 227 g/mol. The molecule has 16 heavy (non-hydrogen) atoms. The number of hydrogen-bond acceptors (Lipinski definition) is 2. The molecule has 1 atom stereocenters. The summed E-state index contributed by atoms with van der Waals surface area (Å²) in [6, 6.07) is 0. The second kappa shape index (κ2) is 7.29. The van der Waals surface area contributed by atoms with Crippen molar-refractivity contribution < 1.29 is 4.74 Å². The molecule has 0 spiro atoms. The first-order valence-electron chi connectivity index (χ1n) is 7.08. The van der Waals surface area contributed by atoms with Crippen LogP contribution >= 0.6 is 0 Å². The molecule has 0 aromatic carbocycles. The third-order valence-corrected chi connectivity index (χ3v) is 4.27. The fourth-order valence-corrected chi connectivity index (χ4v) is 2.67. The van der Waals surface area contributed by atoms with E-state index in [1.807, 2.05) is 0 Å². The second-order valence-corrected chi connectivity index (χ2v) is 5.16. The average Bonchev–Trinajstić information content (AvgIpc) is 2.83. The van der Waals surface area contributed by atoms with Crippen LogP contribution in [0.5, 0.6) is 0 Å². The highest BCUT2D eigenvalue weighted by atomic mass is 16.5. The lowest BCUT2D eigenvalue weighted by Crippen LogP contribution is -2.34. The van der Waals surface area contributed by atoms with Gasteiger partial charge in [0, 0.05) is 13.2 Å². The van der Waals surface area contributed by atoms with Crippen LogP contribution in [0.1, 0.15) is 59.3 Å². The number of ether oxygens (including phenoxy) is 1. The molecule has 1 fully saturated rings. The molecule has 1 N–H and O–H groups in total. The van der Waals surface area contributed by atoms with E-state index in [1.54, 1.807) is 0 Å². The Hall–Kier alpha value is -0.0800. The van der Waals surface area contributed by atoms with Crippen molar-refractivity contribution in [2.75, 3.05) is 19.7 Å². The van der Waals surface area contributed by atoms with Gasteiger partial charge >= 0.3 is 0 Å². The van der Waals surface area contributed by atoms with E-state index in [0.717, 1.165) is 13.2 Å². The second-order valence-electron chi connectivity index (χ2n) is 5.16. The maximum atomic E-state index is 5.72. The molecule has 2 heteroatoms. The Kier molecular flexibility index (Phi) is 6.37. The van der Waals surface area contributed by atoms with E-state index in [-0.39, 0.29) is 0 Å². The summed E-state index contributed by atoms with van der Waals surface area (Å²) < 4.78 is 5.72. The molecular weight excluding hydrogens is 198 g/mol. The molecule has 0 bridgehead atoms. The number of hydrogen-bond donors (Lipinski definition) is 1. The molecule has 96 valence electrons. The Morgan fingerprint density at radius 2 is 2.00 bits per heavy atom. The van der Waals surface area contributed by atoms with Gasteiger partial charge in [-0.05, 0) is 50.5 Å². The Bertz CT molecular complexity index is 172. The van der Waals surface area contributed by atoms with E-state index >= 15 is 0 Å². The van der Waals surface area contributed by atoms with E-state index in [9.17, 15) is 0 Å². The van der Waals surface area contributed by atoms with Gasteiger partial charge in [-0.25, -0.2) is 0 Å². The minimum Gasteiger partial charge on any atom is -0.378 e. The summed E-state index contributed by atoms with van der Waals surface area (Å²) in [5, 5.41) is 3.53. The van der Waals surface area contributed by atoms with Crippen molar-refractivity contribution in [3.63, 3.8) is 0 Å². The van der Waals surface area contributed by atoms with Gasteiger partial charge in [-0.1, -0.05) is 20.8 Å². The molecule has 0 aliphatic carbocycles. The van der Waals surface area contributed by atoms with Crippen LogP contribution in [0.4, 0.5) is 0 Å². The summed E-state index contributed by atoms with van der Waals surface area (Å²) in [7, 11) is 0. The molecule has 0 saturated carbocycles. The molecule has 1 rings (SSSR count). The fraction of sp³-hybridized carbons (Fsp3) is 1.00. The molecule has 0 aromatic rings. The van der Waals surface area contributed by atoms with Crippen molar-refractivity contribution in [3.8, 4) is 0 Å². The van der Waals surface area contributed by atoms with Gasteiger partial charge in [-0.3, -0.25) is 0 Å². The molecule has 0 amide bonds. The summed E-state index contributed by atoms with van der Waals surface area (Å²) in [4.78, 5) is 0. The van der Waals surface area contributed by atoms with Crippen LogP contribution in [0.15, 0.2) is 0 Å². The van der Waals surface area contributed by atoms with Crippen molar-refractivity contribution >= 4 is 0 Å². The van der Waals surface area contributed by atoms with Gasteiger partial charge in [0.1, 0.15) is 0 Å². The minimum atomic E-state index is 0.502. The number of rotatable bonds is 8. The third kappa shape index (κ3) is 4.06. The molecular formula is C14H29NO. The zero-order valence-corrected chi connectivity index (χ0v) is 11.3. The van der Waals surface area contributed by atoms with Crippen molar-refractivity contribution in [1.82, 2.24) is 5.32 Å². The van der Waals surface area contributed by atoms with E-state index in [0.29, 0.717) is 11.5 Å². The van der Waals surface area contributed by atoms with Gasteiger partial charge in [0.2, 0.25) is 0 Å². The smallest absolute Gasteiger partial charge is 0.0576 e. The van der Waals surface area contributed by atoms with Gasteiger partial charge in [-0.2, -0.15) is 0 Å². The molecule has 1 heterocycles. The van der Waals surface area contributed by atoms with E-state index in [1.165, 1.54) is 45.1 Å². The van der Waals surface area contributed by atoms with Crippen LogP contribution in [-0.4, -0.2) is 25.8 Å². The number of nitrogens with one attached hydrogen (secondary N) is 1. The lowest BCUT2D eigenvalue weighted by molar-refractivity contribution is 0.0846. The third-order valence-electron chi connectivity index (χ3n) is 4.27. The highest BCUT2D eigenvalue weighted by Gasteiger charge is 2.27. The maximum Gasteiger partial charge on any atom is 0.0576 e. The Morgan fingerprint density at radius 3 is 2.50 bits per heavy atom. The molecule has 0 radical (unpaired) electrons. The zero-order valence-electron chi connectivity index (χ0n) is 11.3. The lowest BCUT2D eigenvalue weighted by Gasteiger charge is -2.33. The summed E-state index contributed by atoms with van der Waals surface area (Å²) in [5.41, 5.74) is 0.502. The van der Waals surface area contributed by atoms with E-state index in [2.05, 4.69) is 26.1 Å². The van der Waals surface area contributed by atoms with Gasteiger partial charge in [0.15, 0.2) is 0 Å². The normalized spacial score (nSPS) is 21.6. The highest BCUT2D eigenvalue weighted by molar-refractivity contribution is 4.81. The molecule has 1 saturated heterocycles. The molecule has 0 aromatic heterocycles. The van der Waals surface area contributed by atoms with Crippen LogP contribution in [0.3, 0.4) is 0 Å². The Morgan fingerprint density at radius 1 is 1.25 bits per heavy atom. The average molecular weight is 227 g/mol. The van der Waals surface area contributed by atoms with Crippen molar-refractivity contribution in [2.45, 2.75) is 65.4 Å². The SMILES string of the molecule is CCNCC(CC)(CC)CCC1CCCO1. The lowest BCUT2D eigenvalue weighted by atomic mass is 9.77. The zero-order chi connectivity index (χ0) is 11.9. The van der Waals surface area contributed by atoms with Crippen LogP contribution in [0.25, 0.3) is 0 Å². The minimum absolute atomic E-state index is 0.502. The van der Waals surface area contributed by atoms with Gasteiger partial charge in [-0.15, -0.1) is 0 Å². The predicted molar refractivity (Wildman–Crippen MR) is 69.8 cm³/mol. The maximum absolute atomic E-state index is 5.72. The Balaban J connectivity index is 2.35. The fourth-order valence-electron chi connectivity index (χ4n) is 2.67. The van der Waals surface area contributed by atoms with Gasteiger partial charge in [0.05, 0.1) is 6.10 Å². The predicted octanol–water partition coefficient (Wildman–Crippen LogP) is 3.36. The topological polar surface area (TPSA) is 21.3 Å². The highest BCUT2D eigenvalue weighted by Crippen LogP contribution is 2.33. The molecule has 2 nitrogen and oxygen atoms in total. The standard InChI is InChI=1S/C14H29NO/c1-4-14(5-2,12-15-6-3)10-9-13-8-7-11-16-13/h13,15H,4-12H2,1-3H3. The first-order chi connectivity index (χ1) is 7.76. The van der Waals surface area contributed by atoms with Crippen LogP contribution < -0.4 is 5.32 Å². The molecule has 1 unspecified atom stereocenters. The summed E-state index contributed by atoms with van der Waals surface area (Å²) in [6.07, 6.45) is 8.24. The van der Waals surface area contributed by atoms with Crippen LogP contribution in [0.2, 0.25) is 0 Å². The first kappa shape index (κ1) is 14.0. The van der Waals surface area contributed by atoms with Crippen molar-refractivity contribution in [3.05, 3.63) is 0 Å². The largest absolute Gasteiger partial charge is 0.378 e.